The number of nitrogens with zero attached hydrogens (tertiary/aromatic N) is 1. The van der Waals surface area contributed by atoms with Gasteiger partial charge in [-0.2, -0.15) is 0 Å². The Kier molecular flexibility index (Phi) is 6.99. The molecule has 2 heterocycles. The minimum absolute atomic E-state index is 0.160. The lowest BCUT2D eigenvalue weighted by Gasteiger charge is -2.15. The number of allylic oxidation sites excluding steroid dienone is 1. The standard InChI is InChI=1S/C31H32N2O4/c1-20(16-28(34)32-13-7-15-33-14-6-10-29(33)35)25-18-26-27(19-37-31(26)21(2)30(25)36-3)24-12-11-22-8-4-5-9-23(22)17-24/h4-5,8-9,11-12,16-19H,6-7,10,13-15H2,1-3H3,(H,32,34)/b20-16+. The summed E-state index contributed by atoms with van der Waals surface area (Å²) in [7, 11) is 1.64. The molecule has 6 heteroatoms. The third-order valence-electron chi connectivity index (χ3n) is 7.16. The number of furan rings is 1. The molecule has 0 spiro atoms. The number of benzene rings is 3. The molecule has 0 aliphatic carbocycles. The van der Waals surface area contributed by atoms with Crippen LogP contribution < -0.4 is 10.1 Å². The average Bonchev–Trinajstić information content (AvgIpc) is 3.52. The SMILES string of the molecule is COc1c(/C(C)=C/C(=O)NCCCN2CCCC2=O)cc2c(-c3ccc4ccccc4c3)coc2c1C. The maximum absolute atomic E-state index is 12.7. The van der Waals surface area contributed by atoms with Gasteiger partial charge < -0.3 is 19.4 Å². The van der Waals surface area contributed by atoms with Gasteiger partial charge in [0, 0.05) is 54.2 Å². The Bertz CT molecular complexity index is 1510. The Hall–Kier alpha value is -4.06. The van der Waals surface area contributed by atoms with Crippen LogP contribution in [0.4, 0.5) is 0 Å². The Morgan fingerprint density at radius 1 is 1.16 bits per heavy atom. The van der Waals surface area contributed by atoms with Gasteiger partial charge in [-0.1, -0.05) is 36.4 Å². The van der Waals surface area contributed by atoms with E-state index in [2.05, 4.69) is 35.6 Å². The summed E-state index contributed by atoms with van der Waals surface area (Å²) < 4.78 is 11.8. The van der Waals surface area contributed by atoms with Crippen LogP contribution in [0.15, 0.2) is 65.3 Å². The molecule has 2 amide bonds. The van der Waals surface area contributed by atoms with Crippen molar-refractivity contribution in [1.29, 1.82) is 0 Å². The minimum atomic E-state index is -0.160. The maximum Gasteiger partial charge on any atom is 0.244 e. The zero-order valence-corrected chi connectivity index (χ0v) is 21.6. The van der Waals surface area contributed by atoms with Crippen molar-refractivity contribution in [2.24, 2.45) is 0 Å². The van der Waals surface area contributed by atoms with Gasteiger partial charge in [-0.3, -0.25) is 9.59 Å². The summed E-state index contributed by atoms with van der Waals surface area (Å²) >= 11 is 0. The molecule has 0 radical (unpaired) electrons. The predicted molar refractivity (Wildman–Crippen MR) is 148 cm³/mol. The number of rotatable bonds is 8. The summed E-state index contributed by atoms with van der Waals surface area (Å²) in [6, 6.07) is 16.7. The van der Waals surface area contributed by atoms with E-state index >= 15 is 0 Å². The summed E-state index contributed by atoms with van der Waals surface area (Å²) in [5.41, 5.74) is 5.40. The Balaban J connectivity index is 1.40. The molecule has 1 aliphatic heterocycles. The lowest BCUT2D eigenvalue weighted by molar-refractivity contribution is -0.127. The van der Waals surface area contributed by atoms with E-state index in [1.54, 1.807) is 19.4 Å². The van der Waals surface area contributed by atoms with Crippen molar-refractivity contribution in [3.8, 4) is 16.9 Å². The number of aryl methyl sites for hydroxylation is 1. The van der Waals surface area contributed by atoms with Crippen molar-refractivity contribution in [2.45, 2.75) is 33.1 Å². The van der Waals surface area contributed by atoms with Gasteiger partial charge in [-0.25, -0.2) is 0 Å². The molecule has 1 aliphatic rings. The van der Waals surface area contributed by atoms with E-state index in [4.69, 9.17) is 9.15 Å². The number of carbonyl (C=O) groups excluding carboxylic acids is 2. The van der Waals surface area contributed by atoms with Gasteiger partial charge in [0.15, 0.2) is 0 Å². The van der Waals surface area contributed by atoms with Crippen molar-refractivity contribution in [3.63, 3.8) is 0 Å². The van der Waals surface area contributed by atoms with Gasteiger partial charge in [-0.05, 0) is 60.7 Å². The number of fused-ring (bicyclic) bond motifs is 2. The van der Waals surface area contributed by atoms with Crippen molar-refractivity contribution in [1.82, 2.24) is 10.2 Å². The van der Waals surface area contributed by atoms with E-state index < -0.39 is 0 Å². The quantitative estimate of drug-likeness (QED) is 0.236. The molecule has 1 fully saturated rings. The highest BCUT2D eigenvalue weighted by molar-refractivity contribution is 6.02. The lowest BCUT2D eigenvalue weighted by Crippen LogP contribution is -2.30. The zero-order valence-electron chi connectivity index (χ0n) is 21.6. The van der Waals surface area contributed by atoms with Gasteiger partial charge in [0.1, 0.15) is 11.3 Å². The molecule has 1 saturated heterocycles. The highest BCUT2D eigenvalue weighted by Crippen LogP contribution is 2.41. The molecule has 0 atom stereocenters. The van der Waals surface area contributed by atoms with Crippen LogP contribution in [0, 0.1) is 6.92 Å². The Morgan fingerprint density at radius 2 is 1.97 bits per heavy atom. The molecule has 0 bridgehead atoms. The molecule has 1 aromatic heterocycles. The van der Waals surface area contributed by atoms with Crippen LogP contribution in [0.5, 0.6) is 5.75 Å². The third kappa shape index (κ3) is 4.96. The summed E-state index contributed by atoms with van der Waals surface area (Å²) in [5.74, 6) is 0.746. The van der Waals surface area contributed by atoms with Crippen molar-refractivity contribution in [3.05, 3.63) is 72.0 Å². The van der Waals surface area contributed by atoms with Gasteiger partial charge in [0.05, 0.1) is 13.4 Å². The van der Waals surface area contributed by atoms with E-state index in [-0.39, 0.29) is 11.8 Å². The second-order valence-electron chi connectivity index (χ2n) is 9.63. The maximum atomic E-state index is 12.7. The Labute approximate surface area is 216 Å². The van der Waals surface area contributed by atoms with Crippen LogP contribution >= 0.6 is 0 Å². The number of hydrogen-bond acceptors (Lipinski definition) is 4. The van der Waals surface area contributed by atoms with E-state index in [0.717, 1.165) is 58.2 Å². The van der Waals surface area contributed by atoms with Gasteiger partial charge in [0.2, 0.25) is 11.8 Å². The molecule has 0 unspecified atom stereocenters. The van der Waals surface area contributed by atoms with Crippen LogP contribution in [0.2, 0.25) is 0 Å². The van der Waals surface area contributed by atoms with Crippen LogP contribution in [0.25, 0.3) is 38.4 Å². The fourth-order valence-electron chi connectivity index (χ4n) is 5.20. The first-order valence-electron chi connectivity index (χ1n) is 12.8. The van der Waals surface area contributed by atoms with E-state index in [1.807, 2.05) is 36.9 Å². The minimum Gasteiger partial charge on any atom is -0.496 e. The third-order valence-corrected chi connectivity index (χ3v) is 7.16. The van der Waals surface area contributed by atoms with Crippen LogP contribution in [0.1, 0.15) is 37.3 Å². The highest BCUT2D eigenvalue weighted by Gasteiger charge is 2.20. The number of methoxy groups -OCH3 is 1. The Morgan fingerprint density at radius 3 is 2.73 bits per heavy atom. The monoisotopic (exact) mass is 496 g/mol. The molecular weight excluding hydrogens is 464 g/mol. The van der Waals surface area contributed by atoms with Crippen molar-refractivity contribution >= 4 is 39.1 Å². The number of hydrogen-bond donors (Lipinski definition) is 1. The first kappa shape index (κ1) is 24.6. The fraction of sp³-hybridized carbons (Fsp3) is 0.290. The molecule has 0 saturated carbocycles. The highest BCUT2D eigenvalue weighted by atomic mass is 16.5. The van der Waals surface area contributed by atoms with Crippen molar-refractivity contribution in [2.75, 3.05) is 26.7 Å². The summed E-state index contributed by atoms with van der Waals surface area (Å²) in [6.45, 7) is 5.92. The second-order valence-corrected chi connectivity index (χ2v) is 9.63. The molecule has 6 nitrogen and oxygen atoms in total. The number of amides is 2. The van der Waals surface area contributed by atoms with Crippen LogP contribution in [-0.2, 0) is 9.59 Å². The second kappa shape index (κ2) is 10.5. The van der Waals surface area contributed by atoms with Gasteiger partial charge in [-0.15, -0.1) is 0 Å². The number of likely N-dealkylation sites (tertiary alicyclic amines) is 1. The van der Waals surface area contributed by atoms with E-state index in [9.17, 15) is 9.59 Å². The molecule has 4 aromatic rings. The molecule has 37 heavy (non-hydrogen) atoms. The molecule has 3 aromatic carbocycles. The van der Waals surface area contributed by atoms with Crippen LogP contribution in [-0.4, -0.2) is 43.5 Å². The molecular formula is C31H32N2O4. The number of ether oxygens (including phenoxy) is 1. The first-order chi connectivity index (χ1) is 18.0. The van der Waals surface area contributed by atoms with Gasteiger partial charge in [0.25, 0.3) is 0 Å². The fourth-order valence-corrected chi connectivity index (χ4v) is 5.20. The normalized spacial score (nSPS) is 14.1. The topological polar surface area (TPSA) is 71.8 Å². The van der Waals surface area contributed by atoms with Crippen LogP contribution in [0.3, 0.4) is 0 Å². The largest absolute Gasteiger partial charge is 0.496 e. The molecule has 1 N–H and O–H groups in total. The van der Waals surface area contributed by atoms with E-state index in [1.165, 1.54) is 10.8 Å². The number of nitrogens with one attached hydrogen (secondary N) is 1. The smallest absolute Gasteiger partial charge is 0.244 e. The summed E-state index contributed by atoms with van der Waals surface area (Å²) in [5, 5.41) is 6.28. The molecule has 5 rings (SSSR count). The summed E-state index contributed by atoms with van der Waals surface area (Å²) in [4.78, 5) is 26.3. The zero-order chi connectivity index (χ0) is 25.9. The first-order valence-corrected chi connectivity index (χ1v) is 12.8. The predicted octanol–water partition coefficient (Wildman–Crippen LogP) is 6.10. The van der Waals surface area contributed by atoms with Crippen molar-refractivity contribution < 1.29 is 18.7 Å². The number of carbonyl (C=O) groups is 2. The van der Waals surface area contributed by atoms with Gasteiger partial charge >= 0.3 is 0 Å². The average molecular weight is 497 g/mol. The van der Waals surface area contributed by atoms with E-state index in [0.29, 0.717) is 25.3 Å². The summed E-state index contributed by atoms with van der Waals surface area (Å²) in [6.07, 6.45) is 5.71. The lowest BCUT2D eigenvalue weighted by atomic mass is 9.95. The molecule has 190 valence electrons.